The maximum atomic E-state index is 11.7. The van der Waals surface area contributed by atoms with Gasteiger partial charge in [0.05, 0.1) is 6.67 Å². The molecule has 0 aliphatic carbocycles. The number of nitrogens with two attached hydrogens (primary N) is 1. The average Bonchev–Trinajstić information content (AvgIpc) is 2.03. The molecule has 72 valence electrons. The van der Waals surface area contributed by atoms with Crippen LogP contribution in [0.1, 0.15) is 6.42 Å². The minimum absolute atomic E-state index is 0.187. The van der Waals surface area contributed by atoms with Crippen LogP contribution < -0.4 is 11.3 Å². The van der Waals surface area contributed by atoms with Crippen LogP contribution in [0, 0.1) is 0 Å². The predicted octanol–water partition coefficient (Wildman–Crippen LogP) is 0.804. The lowest BCUT2D eigenvalue weighted by Crippen LogP contribution is -2.09. The molecule has 0 aliphatic heterocycles. The molecule has 0 unspecified atom stereocenters. The topological polar surface area (TPSA) is 71.8 Å². The largest absolute Gasteiger partial charge is 0.383 e. The first-order valence-electron chi connectivity index (χ1n) is 3.78. The molecule has 1 aromatic heterocycles. The number of anilines is 1. The molecule has 0 bridgehead atoms. The maximum Gasteiger partial charge on any atom is 0.253 e. The summed E-state index contributed by atoms with van der Waals surface area (Å²) < 4.78 is 11.7. The highest BCUT2D eigenvalue weighted by molar-refractivity contribution is 7.99. The SMILES string of the molecule is Nc1cc(=O)[nH]c(SCCCF)n1. The fraction of sp³-hybridized carbons (Fsp3) is 0.429. The van der Waals surface area contributed by atoms with Gasteiger partial charge in [0.15, 0.2) is 5.16 Å². The van der Waals surface area contributed by atoms with Crippen LogP contribution in [0.5, 0.6) is 0 Å². The number of alkyl halides is 1. The van der Waals surface area contributed by atoms with Crippen molar-refractivity contribution in [3.05, 3.63) is 16.4 Å². The third-order valence-electron chi connectivity index (χ3n) is 1.26. The molecule has 0 atom stereocenters. The Morgan fingerprint density at radius 1 is 1.69 bits per heavy atom. The fourth-order valence-electron chi connectivity index (χ4n) is 0.745. The molecule has 0 spiro atoms. The van der Waals surface area contributed by atoms with Crippen molar-refractivity contribution in [2.24, 2.45) is 0 Å². The molecule has 13 heavy (non-hydrogen) atoms. The van der Waals surface area contributed by atoms with Crippen LogP contribution in [-0.4, -0.2) is 22.4 Å². The van der Waals surface area contributed by atoms with Gasteiger partial charge in [0.2, 0.25) is 0 Å². The minimum atomic E-state index is -0.362. The van der Waals surface area contributed by atoms with E-state index in [1.54, 1.807) is 0 Å². The molecule has 4 nitrogen and oxygen atoms in total. The molecule has 6 heteroatoms. The van der Waals surface area contributed by atoms with Crippen LogP contribution in [0.2, 0.25) is 0 Å². The van der Waals surface area contributed by atoms with Gasteiger partial charge in [-0.1, -0.05) is 11.8 Å². The zero-order valence-corrected chi connectivity index (χ0v) is 7.73. The number of thioether (sulfide) groups is 1. The summed E-state index contributed by atoms with van der Waals surface area (Å²) >= 11 is 1.29. The third kappa shape index (κ3) is 3.45. The van der Waals surface area contributed by atoms with E-state index in [4.69, 9.17) is 5.73 Å². The van der Waals surface area contributed by atoms with Gasteiger partial charge in [0.25, 0.3) is 5.56 Å². The van der Waals surface area contributed by atoms with E-state index in [0.29, 0.717) is 17.3 Å². The fourth-order valence-corrected chi connectivity index (χ4v) is 1.53. The highest BCUT2D eigenvalue weighted by atomic mass is 32.2. The van der Waals surface area contributed by atoms with Crippen molar-refractivity contribution in [1.82, 2.24) is 9.97 Å². The predicted molar refractivity (Wildman–Crippen MR) is 50.6 cm³/mol. The second-order valence-corrected chi connectivity index (χ2v) is 3.45. The van der Waals surface area contributed by atoms with E-state index in [1.807, 2.05) is 0 Å². The van der Waals surface area contributed by atoms with E-state index < -0.39 is 0 Å². The van der Waals surface area contributed by atoms with Crippen molar-refractivity contribution >= 4 is 17.6 Å². The molecule has 0 amide bonds. The summed E-state index contributed by atoms with van der Waals surface area (Å²) in [4.78, 5) is 17.3. The number of aromatic amines is 1. The summed E-state index contributed by atoms with van der Waals surface area (Å²) in [6.45, 7) is -0.362. The molecule has 1 rings (SSSR count). The van der Waals surface area contributed by atoms with Crippen molar-refractivity contribution in [2.45, 2.75) is 11.6 Å². The number of H-pyrrole nitrogens is 1. The number of aromatic nitrogens is 2. The van der Waals surface area contributed by atoms with Crippen LogP contribution in [0.4, 0.5) is 10.2 Å². The molecule has 0 radical (unpaired) electrons. The maximum absolute atomic E-state index is 11.7. The van der Waals surface area contributed by atoms with E-state index in [0.717, 1.165) is 0 Å². The van der Waals surface area contributed by atoms with Gasteiger partial charge in [0, 0.05) is 11.8 Å². The number of nitrogen functional groups attached to an aromatic ring is 1. The van der Waals surface area contributed by atoms with Crippen LogP contribution in [0.25, 0.3) is 0 Å². The second-order valence-electron chi connectivity index (χ2n) is 2.37. The third-order valence-corrected chi connectivity index (χ3v) is 2.22. The Balaban J connectivity index is 2.61. The highest BCUT2D eigenvalue weighted by Crippen LogP contribution is 2.12. The van der Waals surface area contributed by atoms with Crippen molar-refractivity contribution in [3.63, 3.8) is 0 Å². The molecule has 3 N–H and O–H groups in total. The molecule has 0 saturated heterocycles. The number of nitrogens with zero attached hydrogens (tertiary/aromatic N) is 1. The number of nitrogens with one attached hydrogen (secondary N) is 1. The van der Waals surface area contributed by atoms with Crippen LogP contribution >= 0.6 is 11.8 Å². The summed E-state index contributed by atoms with van der Waals surface area (Å²) in [6.07, 6.45) is 0.448. The Labute approximate surface area is 78.8 Å². The lowest BCUT2D eigenvalue weighted by Gasteiger charge is -1.98. The van der Waals surface area contributed by atoms with Crippen LogP contribution in [0.15, 0.2) is 16.0 Å². The van der Waals surface area contributed by atoms with Gasteiger partial charge in [-0.15, -0.1) is 0 Å². The van der Waals surface area contributed by atoms with Gasteiger partial charge in [0.1, 0.15) is 5.82 Å². The first-order chi connectivity index (χ1) is 6.22. The Bertz CT molecular complexity index is 328. The quantitative estimate of drug-likeness (QED) is 0.431. The molecule has 0 saturated carbocycles. The van der Waals surface area contributed by atoms with E-state index in [2.05, 4.69) is 9.97 Å². The number of hydrogen-bond donors (Lipinski definition) is 2. The Kier molecular flexibility index (Phi) is 3.75. The lowest BCUT2D eigenvalue weighted by atomic mass is 10.6. The Morgan fingerprint density at radius 3 is 3.08 bits per heavy atom. The van der Waals surface area contributed by atoms with Gasteiger partial charge < -0.3 is 10.7 Å². The molecule has 1 aromatic rings. The van der Waals surface area contributed by atoms with Gasteiger partial charge >= 0.3 is 0 Å². The van der Waals surface area contributed by atoms with Crippen molar-refractivity contribution in [3.8, 4) is 0 Å². The molecular formula is C7H10FN3OS. The molecule has 0 fully saturated rings. The first kappa shape index (κ1) is 10.0. The number of rotatable bonds is 4. The van der Waals surface area contributed by atoms with Gasteiger partial charge in [-0.2, -0.15) is 0 Å². The Morgan fingerprint density at radius 2 is 2.46 bits per heavy atom. The normalized spacial score (nSPS) is 10.2. The summed E-state index contributed by atoms with van der Waals surface area (Å²) in [5.41, 5.74) is 5.06. The zero-order valence-electron chi connectivity index (χ0n) is 6.92. The molecule has 1 heterocycles. The molecular weight excluding hydrogens is 193 g/mol. The summed E-state index contributed by atoms with van der Waals surface area (Å²) in [6, 6.07) is 1.21. The van der Waals surface area contributed by atoms with E-state index >= 15 is 0 Å². The van der Waals surface area contributed by atoms with Crippen molar-refractivity contribution < 1.29 is 4.39 Å². The van der Waals surface area contributed by atoms with Crippen LogP contribution in [-0.2, 0) is 0 Å². The summed E-state index contributed by atoms with van der Waals surface area (Å²) in [5.74, 6) is 0.773. The summed E-state index contributed by atoms with van der Waals surface area (Å²) in [5, 5.41) is 0.443. The van der Waals surface area contributed by atoms with E-state index in [-0.39, 0.29) is 18.1 Å². The highest BCUT2D eigenvalue weighted by Gasteiger charge is 1.98. The standard InChI is InChI=1S/C7H10FN3OS/c8-2-1-3-13-7-10-5(9)4-6(12)11-7/h4H,1-3H2,(H3,9,10,11,12). The van der Waals surface area contributed by atoms with Crippen LogP contribution in [0.3, 0.4) is 0 Å². The summed E-state index contributed by atoms with van der Waals surface area (Å²) in [7, 11) is 0. The van der Waals surface area contributed by atoms with Gasteiger partial charge in [-0.05, 0) is 6.42 Å². The smallest absolute Gasteiger partial charge is 0.253 e. The molecule has 0 aromatic carbocycles. The zero-order chi connectivity index (χ0) is 9.68. The first-order valence-corrected chi connectivity index (χ1v) is 4.76. The second kappa shape index (κ2) is 4.86. The lowest BCUT2D eigenvalue weighted by molar-refractivity contribution is 0.489. The minimum Gasteiger partial charge on any atom is -0.383 e. The van der Waals surface area contributed by atoms with Gasteiger partial charge in [-0.3, -0.25) is 9.18 Å². The molecule has 0 aliphatic rings. The van der Waals surface area contributed by atoms with Crippen molar-refractivity contribution in [2.75, 3.05) is 18.2 Å². The average molecular weight is 203 g/mol. The van der Waals surface area contributed by atoms with E-state index in [9.17, 15) is 9.18 Å². The number of hydrogen-bond acceptors (Lipinski definition) is 4. The Hall–Kier alpha value is -1.04. The van der Waals surface area contributed by atoms with Crippen molar-refractivity contribution in [1.29, 1.82) is 0 Å². The number of halogens is 1. The van der Waals surface area contributed by atoms with E-state index in [1.165, 1.54) is 17.8 Å². The monoisotopic (exact) mass is 203 g/mol. The van der Waals surface area contributed by atoms with Gasteiger partial charge in [-0.25, -0.2) is 4.98 Å².